The number of para-hydroxylation sites is 4. The van der Waals surface area contributed by atoms with Crippen LogP contribution in [0.5, 0.6) is 11.5 Å². The third-order valence-corrected chi connectivity index (χ3v) is 2.80. The van der Waals surface area contributed by atoms with Gasteiger partial charge in [-0.3, -0.25) is 0 Å². The van der Waals surface area contributed by atoms with E-state index in [0.29, 0.717) is 0 Å². The summed E-state index contributed by atoms with van der Waals surface area (Å²) in [6.45, 7) is 12.2. The minimum Gasteiger partial charge on any atom is -0.486 e. The zero-order valence-corrected chi connectivity index (χ0v) is 14.9. The van der Waals surface area contributed by atoms with Gasteiger partial charge in [-0.2, -0.15) is 0 Å². The molecule has 3 heteroatoms. The van der Waals surface area contributed by atoms with Crippen LogP contribution in [-0.2, 0) is 0 Å². The normalized spacial score (nSPS) is 11.9. The third-order valence-electron chi connectivity index (χ3n) is 2.80. The van der Waals surface area contributed by atoms with Gasteiger partial charge in [0.2, 0.25) is 0 Å². The molecule has 23 heavy (non-hydrogen) atoms. The van der Waals surface area contributed by atoms with Gasteiger partial charge in [-0.25, -0.2) is 5.32 Å². The number of rotatable bonds is 4. The van der Waals surface area contributed by atoms with Gasteiger partial charge in [-0.15, -0.1) is 0 Å². The average Bonchev–Trinajstić information content (AvgIpc) is 2.40. The van der Waals surface area contributed by atoms with E-state index in [9.17, 15) is 0 Å². The lowest BCUT2D eigenvalue weighted by Crippen LogP contribution is -2.24. The predicted octanol–water partition coefficient (Wildman–Crippen LogP) is 5.61. The van der Waals surface area contributed by atoms with Crippen molar-refractivity contribution in [1.29, 1.82) is 0 Å². The van der Waals surface area contributed by atoms with Gasteiger partial charge in [-0.05, 0) is 65.8 Å². The molecule has 0 aliphatic rings. The molecule has 0 N–H and O–H groups in total. The van der Waals surface area contributed by atoms with Crippen molar-refractivity contribution in [1.82, 2.24) is 5.32 Å². The molecule has 0 saturated heterocycles. The van der Waals surface area contributed by atoms with Crippen LogP contribution in [-0.4, -0.2) is 11.2 Å². The Morgan fingerprint density at radius 2 is 0.957 bits per heavy atom. The Labute approximate surface area is 139 Å². The molecule has 0 amide bonds. The Balaban J connectivity index is 2.30. The van der Waals surface area contributed by atoms with E-state index in [0.717, 1.165) is 22.9 Å². The van der Waals surface area contributed by atoms with Crippen molar-refractivity contribution in [2.45, 2.75) is 52.7 Å². The molecule has 0 aliphatic heterocycles. The van der Waals surface area contributed by atoms with E-state index < -0.39 is 0 Å². The van der Waals surface area contributed by atoms with Crippen molar-refractivity contribution >= 4 is 11.4 Å². The van der Waals surface area contributed by atoms with Gasteiger partial charge in [0, 0.05) is 0 Å². The molecule has 1 radical (unpaired) electrons. The molecule has 2 rings (SSSR count). The second kappa shape index (κ2) is 6.53. The lowest BCUT2D eigenvalue weighted by atomic mass is 10.1. The lowest BCUT2D eigenvalue weighted by molar-refractivity contribution is 0.130. The maximum atomic E-state index is 6.01. The highest BCUT2D eigenvalue weighted by Crippen LogP contribution is 2.35. The first kappa shape index (κ1) is 17.2. The Morgan fingerprint density at radius 1 is 0.609 bits per heavy atom. The number of ether oxygens (including phenoxy) is 2. The highest BCUT2D eigenvalue weighted by molar-refractivity contribution is 5.62. The molecule has 3 nitrogen and oxygen atoms in total. The van der Waals surface area contributed by atoms with Crippen LogP contribution in [0.25, 0.3) is 0 Å². The van der Waals surface area contributed by atoms with E-state index >= 15 is 0 Å². The third kappa shape index (κ3) is 5.51. The molecular weight excluding hydrogens is 286 g/mol. The minimum absolute atomic E-state index is 0.271. The van der Waals surface area contributed by atoms with E-state index in [4.69, 9.17) is 14.8 Å². The van der Waals surface area contributed by atoms with Crippen LogP contribution in [0.1, 0.15) is 41.5 Å². The largest absolute Gasteiger partial charge is 0.486 e. The zero-order chi connectivity index (χ0) is 17.1. The minimum atomic E-state index is -0.271. The summed E-state index contributed by atoms with van der Waals surface area (Å²) in [5, 5.41) is 4.76. The van der Waals surface area contributed by atoms with E-state index in [-0.39, 0.29) is 11.2 Å². The molecule has 0 heterocycles. The van der Waals surface area contributed by atoms with Crippen LogP contribution in [0.15, 0.2) is 48.5 Å². The Hall–Kier alpha value is -2.16. The summed E-state index contributed by atoms with van der Waals surface area (Å²) in [7, 11) is 0. The first-order valence-corrected chi connectivity index (χ1v) is 7.92. The maximum Gasteiger partial charge on any atom is 0.145 e. The van der Waals surface area contributed by atoms with Crippen molar-refractivity contribution in [3.05, 3.63) is 48.5 Å². The first-order valence-electron chi connectivity index (χ1n) is 7.92. The van der Waals surface area contributed by atoms with Crippen LogP contribution in [0, 0.1) is 0 Å². The van der Waals surface area contributed by atoms with E-state index in [1.54, 1.807) is 0 Å². The smallest absolute Gasteiger partial charge is 0.145 e. The monoisotopic (exact) mass is 312 g/mol. The van der Waals surface area contributed by atoms with Gasteiger partial charge in [0.05, 0.1) is 0 Å². The Morgan fingerprint density at radius 3 is 1.30 bits per heavy atom. The van der Waals surface area contributed by atoms with Gasteiger partial charge in [-0.1, -0.05) is 24.3 Å². The highest BCUT2D eigenvalue weighted by Gasteiger charge is 2.18. The van der Waals surface area contributed by atoms with Gasteiger partial charge < -0.3 is 9.47 Å². The fourth-order valence-electron chi connectivity index (χ4n) is 2.06. The van der Waals surface area contributed by atoms with Crippen molar-refractivity contribution in [3.8, 4) is 11.5 Å². The van der Waals surface area contributed by atoms with Gasteiger partial charge in [0.15, 0.2) is 0 Å². The van der Waals surface area contributed by atoms with Gasteiger partial charge in [0.1, 0.15) is 34.1 Å². The zero-order valence-electron chi connectivity index (χ0n) is 14.9. The summed E-state index contributed by atoms with van der Waals surface area (Å²) < 4.78 is 12.0. The van der Waals surface area contributed by atoms with E-state index in [2.05, 4.69) is 0 Å². The van der Waals surface area contributed by atoms with Crippen molar-refractivity contribution in [2.24, 2.45) is 0 Å². The molecule has 0 saturated carbocycles. The summed E-state index contributed by atoms with van der Waals surface area (Å²) in [6, 6.07) is 15.6. The summed E-state index contributed by atoms with van der Waals surface area (Å²) in [6.07, 6.45) is 0. The summed E-state index contributed by atoms with van der Waals surface area (Å²) in [4.78, 5) is 0. The summed E-state index contributed by atoms with van der Waals surface area (Å²) in [5.41, 5.74) is 1.06. The second-order valence-electron chi connectivity index (χ2n) is 7.48. The van der Waals surface area contributed by atoms with Crippen LogP contribution < -0.4 is 14.8 Å². The predicted molar refractivity (Wildman–Crippen MR) is 95.1 cm³/mol. The Kier molecular flexibility index (Phi) is 4.88. The molecule has 2 aromatic carbocycles. The van der Waals surface area contributed by atoms with Gasteiger partial charge >= 0.3 is 0 Å². The number of hydrogen-bond donors (Lipinski definition) is 0. The standard InChI is InChI=1S/C20H26NO2/c1-19(2,3)22-17-13-9-7-11-15(17)21-16-12-8-10-14-18(16)23-20(4,5)6/h7-14H,1-6H3. The molecule has 0 unspecified atom stereocenters. The topological polar surface area (TPSA) is 32.6 Å². The molecule has 123 valence electrons. The number of hydrogen-bond acceptors (Lipinski definition) is 2. The van der Waals surface area contributed by atoms with Crippen molar-refractivity contribution in [2.75, 3.05) is 0 Å². The SMILES string of the molecule is CC(C)(C)Oc1ccccc1[N]c1ccccc1OC(C)(C)C. The molecule has 0 aliphatic carbocycles. The molecule has 0 bridgehead atoms. The fourth-order valence-corrected chi connectivity index (χ4v) is 2.06. The molecule has 0 fully saturated rings. The fraction of sp³-hybridized carbons (Fsp3) is 0.400. The molecule has 0 spiro atoms. The van der Waals surface area contributed by atoms with Crippen molar-refractivity contribution < 1.29 is 9.47 Å². The summed E-state index contributed by atoms with van der Waals surface area (Å²) in [5.74, 6) is 1.54. The van der Waals surface area contributed by atoms with Crippen LogP contribution in [0.3, 0.4) is 0 Å². The van der Waals surface area contributed by atoms with E-state index in [1.807, 2.05) is 90.1 Å². The second-order valence-corrected chi connectivity index (χ2v) is 7.48. The van der Waals surface area contributed by atoms with Crippen molar-refractivity contribution in [3.63, 3.8) is 0 Å². The molecule has 0 aromatic heterocycles. The van der Waals surface area contributed by atoms with E-state index in [1.165, 1.54) is 0 Å². The van der Waals surface area contributed by atoms with Crippen LogP contribution >= 0.6 is 0 Å². The number of nitrogens with zero attached hydrogens (tertiary/aromatic N) is 1. The van der Waals surface area contributed by atoms with Crippen LogP contribution in [0.4, 0.5) is 11.4 Å². The number of benzene rings is 2. The lowest BCUT2D eigenvalue weighted by Gasteiger charge is -2.24. The Bertz CT molecular complexity index is 594. The molecule has 2 aromatic rings. The first-order chi connectivity index (χ1) is 10.6. The maximum absolute atomic E-state index is 6.01. The molecular formula is C20H26NO2. The molecule has 0 atom stereocenters. The van der Waals surface area contributed by atoms with Gasteiger partial charge in [0.25, 0.3) is 0 Å². The average molecular weight is 312 g/mol. The highest BCUT2D eigenvalue weighted by atomic mass is 16.5. The summed E-state index contributed by atoms with van der Waals surface area (Å²) >= 11 is 0. The van der Waals surface area contributed by atoms with Crippen LogP contribution in [0.2, 0.25) is 0 Å². The quantitative estimate of drug-likeness (QED) is 0.735.